The number of nitrogens with zero attached hydrogens (tertiary/aromatic N) is 4. The zero-order valence-corrected chi connectivity index (χ0v) is 13.4. The van der Waals surface area contributed by atoms with Gasteiger partial charge in [-0.15, -0.1) is 11.3 Å². The van der Waals surface area contributed by atoms with Gasteiger partial charge in [0.25, 0.3) is 0 Å². The first kappa shape index (κ1) is 15.2. The van der Waals surface area contributed by atoms with Crippen LogP contribution in [0, 0.1) is 6.92 Å². The van der Waals surface area contributed by atoms with E-state index in [0.717, 1.165) is 18.7 Å². The molecule has 110 valence electrons. The van der Waals surface area contributed by atoms with Gasteiger partial charge in [-0.1, -0.05) is 6.92 Å². The first-order chi connectivity index (χ1) is 9.52. The van der Waals surface area contributed by atoms with Gasteiger partial charge in [0, 0.05) is 36.3 Å². The van der Waals surface area contributed by atoms with E-state index in [4.69, 9.17) is 5.73 Å². The maximum absolute atomic E-state index is 6.34. The molecule has 0 aliphatic rings. The van der Waals surface area contributed by atoms with Crippen molar-refractivity contribution in [1.29, 1.82) is 0 Å². The van der Waals surface area contributed by atoms with Crippen molar-refractivity contribution in [3.8, 4) is 0 Å². The molecular weight excluding hydrogens is 270 g/mol. The van der Waals surface area contributed by atoms with E-state index in [1.54, 1.807) is 11.3 Å². The first-order valence-corrected chi connectivity index (χ1v) is 7.74. The highest BCUT2D eigenvalue weighted by Gasteiger charge is 2.25. The summed E-state index contributed by atoms with van der Waals surface area (Å²) in [6.45, 7) is 5.04. The quantitative estimate of drug-likeness (QED) is 0.886. The van der Waals surface area contributed by atoms with E-state index in [2.05, 4.69) is 42.1 Å². The Kier molecular flexibility index (Phi) is 4.91. The van der Waals surface area contributed by atoms with Crippen LogP contribution in [-0.2, 0) is 13.6 Å². The number of aryl methyl sites for hydroxylation is 2. The SMILES string of the molecule is CCC(N)C(c1cnn(C)c1)N(C)Cc1scnc1C. The van der Waals surface area contributed by atoms with E-state index in [-0.39, 0.29) is 12.1 Å². The molecule has 5 nitrogen and oxygen atoms in total. The summed E-state index contributed by atoms with van der Waals surface area (Å²) in [6, 6.07) is 0.271. The monoisotopic (exact) mass is 293 g/mol. The lowest BCUT2D eigenvalue weighted by Crippen LogP contribution is -2.38. The molecular formula is C14H23N5S. The number of thiazole rings is 1. The van der Waals surface area contributed by atoms with Gasteiger partial charge in [0.15, 0.2) is 0 Å². The predicted octanol–water partition coefficient (Wildman–Crippen LogP) is 2.10. The molecule has 0 radical (unpaired) electrons. The number of rotatable bonds is 6. The third kappa shape index (κ3) is 3.26. The summed E-state index contributed by atoms with van der Waals surface area (Å²) < 4.78 is 1.83. The molecule has 2 N–H and O–H groups in total. The highest BCUT2D eigenvalue weighted by molar-refractivity contribution is 7.09. The highest BCUT2D eigenvalue weighted by Crippen LogP contribution is 2.26. The minimum Gasteiger partial charge on any atom is -0.326 e. The fourth-order valence-electron chi connectivity index (χ4n) is 2.45. The molecule has 0 amide bonds. The zero-order valence-electron chi connectivity index (χ0n) is 12.6. The standard InChI is InChI=1S/C14H23N5S/c1-5-12(15)14(11-6-17-19(4)7-11)18(3)8-13-10(2)16-9-20-13/h6-7,9,12,14H,5,8,15H2,1-4H3. The summed E-state index contributed by atoms with van der Waals surface area (Å²) in [6.07, 6.45) is 4.90. The third-order valence-electron chi connectivity index (χ3n) is 3.66. The van der Waals surface area contributed by atoms with Crippen LogP contribution in [0.3, 0.4) is 0 Å². The molecule has 0 aliphatic carbocycles. The van der Waals surface area contributed by atoms with E-state index >= 15 is 0 Å². The number of nitrogens with two attached hydrogens (primary N) is 1. The lowest BCUT2D eigenvalue weighted by Gasteiger charge is -2.31. The smallest absolute Gasteiger partial charge is 0.0798 e. The Morgan fingerprint density at radius 1 is 1.50 bits per heavy atom. The second kappa shape index (κ2) is 6.47. The minimum absolute atomic E-state index is 0.0948. The number of likely N-dealkylation sites (N-methyl/N-ethyl adjacent to an activating group) is 1. The van der Waals surface area contributed by atoms with Gasteiger partial charge in [0.05, 0.1) is 23.4 Å². The van der Waals surface area contributed by atoms with E-state index in [9.17, 15) is 0 Å². The summed E-state index contributed by atoms with van der Waals surface area (Å²) in [4.78, 5) is 7.91. The molecule has 0 aromatic carbocycles. The Morgan fingerprint density at radius 2 is 2.25 bits per heavy atom. The Morgan fingerprint density at radius 3 is 2.75 bits per heavy atom. The largest absolute Gasteiger partial charge is 0.326 e. The molecule has 0 fully saturated rings. The van der Waals surface area contributed by atoms with Gasteiger partial charge in [-0.25, -0.2) is 4.98 Å². The summed E-state index contributed by atoms with van der Waals surface area (Å²) in [5, 5.41) is 4.28. The summed E-state index contributed by atoms with van der Waals surface area (Å²) in [7, 11) is 4.05. The van der Waals surface area contributed by atoms with Crippen molar-refractivity contribution in [3.05, 3.63) is 34.0 Å². The van der Waals surface area contributed by atoms with E-state index in [1.165, 1.54) is 10.4 Å². The summed E-state index contributed by atoms with van der Waals surface area (Å²) in [5.41, 5.74) is 10.5. The predicted molar refractivity (Wildman–Crippen MR) is 82.5 cm³/mol. The Hall–Kier alpha value is -1.24. The van der Waals surface area contributed by atoms with Gasteiger partial charge >= 0.3 is 0 Å². The van der Waals surface area contributed by atoms with Gasteiger partial charge in [0.1, 0.15) is 0 Å². The van der Waals surface area contributed by atoms with Crippen molar-refractivity contribution in [2.24, 2.45) is 12.8 Å². The third-order valence-corrected chi connectivity index (χ3v) is 4.58. The second-order valence-corrected chi connectivity index (χ2v) is 6.18. The van der Waals surface area contributed by atoms with Crippen LogP contribution in [0.25, 0.3) is 0 Å². The molecule has 6 heteroatoms. The fourth-order valence-corrected chi connectivity index (χ4v) is 3.29. The Labute approximate surface area is 124 Å². The summed E-state index contributed by atoms with van der Waals surface area (Å²) in [5.74, 6) is 0. The van der Waals surface area contributed by atoms with Crippen molar-refractivity contribution in [2.45, 2.75) is 38.9 Å². The lowest BCUT2D eigenvalue weighted by molar-refractivity contribution is 0.203. The van der Waals surface area contributed by atoms with Crippen LogP contribution in [0.5, 0.6) is 0 Å². The van der Waals surface area contributed by atoms with Crippen molar-refractivity contribution in [2.75, 3.05) is 7.05 Å². The van der Waals surface area contributed by atoms with E-state index in [1.807, 2.05) is 23.4 Å². The van der Waals surface area contributed by atoms with Gasteiger partial charge in [0.2, 0.25) is 0 Å². The van der Waals surface area contributed by atoms with Crippen LogP contribution in [0.1, 0.15) is 35.5 Å². The molecule has 0 saturated carbocycles. The molecule has 2 unspecified atom stereocenters. The molecule has 2 rings (SSSR count). The average molecular weight is 293 g/mol. The molecule has 2 aromatic rings. The van der Waals surface area contributed by atoms with E-state index < -0.39 is 0 Å². The molecule has 2 atom stereocenters. The van der Waals surface area contributed by atoms with Crippen molar-refractivity contribution >= 4 is 11.3 Å². The van der Waals surface area contributed by atoms with Crippen LogP contribution in [0.4, 0.5) is 0 Å². The van der Waals surface area contributed by atoms with Gasteiger partial charge in [-0.05, 0) is 20.4 Å². The Balaban J connectivity index is 2.20. The molecule has 0 bridgehead atoms. The fraction of sp³-hybridized carbons (Fsp3) is 0.571. The van der Waals surface area contributed by atoms with Gasteiger partial charge < -0.3 is 5.73 Å². The second-order valence-electron chi connectivity index (χ2n) is 5.24. The summed E-state index contributed by atoms with van der Waals surface area (Å²) >= 11 is 1.70. The maximum Gasteiger partial charge on any atom is 0.0798 e. The highest BCUT2D eigenvalue weighted by atomic mass is 32.1. The topological polar surface area (TPSA) is 60.0 Å². The minimum atomic E-state index is 0.0948. The Bertz CT molecular complexity index is 547. The van der Waals surface area contributed by atoms with Crippen LogP contribution < -0.4 is 5.73 Å². The molecule has 0 spiro atoms. The van der Waals surface area contributed by atoms with Gasteiger partial charge in [-0.3, -0.25) is 9.58 Å². The number of aromatic nitrogens is 3. The van der Waals surface area contributed by atoms with Crippen LogP contribution >= 0.6 is 11.3 Å². The average Bonchev–Trinajstić information content (AvgIpc) is 2.99. The molecule has 0 aliphatic heterocycles. The maximum atomic E-state index is 6.34. The zero-order chi connectivity index (χ0) is 14.7. The van der Waals surface area contributed by atoms with Crippen molar-refractivity contribution in [1.82, 2.24) is 19.7 Å². The molecule has 2 heterocycles. The number of hydrogen-bond acceptors (Lipinski definition) is 5. The van der Waals surface area contributed by atoms with Crippen LogP contribution in [0.15, 0.2) is 17.9 Å². The molecule has 0 saturated heterocycles. The first-order valence-electron chi connectivity index (χ1n) is 6.86. The van der Waals surface area contributed by atoms with Crippen LogP contribution in [0.2, 0.25) is 0 Å². The van der Waals surface area contributed by atoms with Crippen LogP contribution in [-0.4, -0.2) is 32.8 Å². The normalized spacial score (nSPS) is 14.7. The van der Waals surface area contributed by atoms with Gasteiger partial charge in [-0.2, -0.15) is 5.10 Å². The van der Waals surface area contributed by atoms with Crippen molar-refractivity contribution in [3.63, 3.8) is 0 Å². The van der Waals surface area contributed by atoms with Crippen molar-refractivity contribution < 1.29 is 0 Å². The van der Waals surface area contributed by atoms with E-state index in [0.29, 0.717) is 0 Å². The number of hydrogen-bond donors (Lipinski definition) is 1. The molecule has 20 heavy (non-hydrogen) atoms. The lowest BCUT2D eigenvalue weighted by atomic mass is 9.99. The molecule has 2 aromatic heterocycles.